The van der Waals surface area contributed by atoms with Crippen molar-refractivity contribution in [1.29, 1.82) is 0 Å². The highest BCUT2D eigenvalue weighted by Gasteiger charge is 2.31. The maximum absolute atomic E-state index is 12.2. The molecule has 0 heterocycles. The number of benzene rings is 2. The number of fused-ring (bicyclic) bond motifs is 3. The van der Waals surface area contributed by atoms with Crippen LogP contribution in [-0.2, 0) is 4.74 Å². The normalized spacial score (nSPS) is 14.5. The van der Waals surface area contributed by atoms with Crippen molar-refractivity contribution in [3.05, 3.63) is 59.7 Å². The summed E-state index contributed by atoms with van der Waals surface area (Å²) in [5, 5.41) is 9.95. The van der Waals surface area contributed by atoms with Crippen LogP contribution < -0.4 is 4.89 Å². The molecule has 0 radical (unpaired) electrons. The van der Waals surface area contributed by atoms with Gasteiger partial charge in [-0.3, -0.25) is 0 Å². The first kappa shape index (κ1) is 18.7. The molecular weight excluding hydrogens is 349 g/mol. The molecule has 2 aromatic carbocycles. The van der Waals surface area contributed by atoms with E-state index in [9.17, 15) is 14.8 Å². The average Bonchev–Trinajstić information content (AvgIpc) is 2.91. The smallest absolute Gasteiger partial charge is 0.509 e. The molecule has 0 bridgehead atoms. The lowest BCUT2D eigenvalue weighted by Gasteiger charge is -2.21. The minimum absolute atomic E-state index is 0.0877. The Kier molecular flexibility index (Phi) is 5.26. The fourth-order valence-corrected chi connectivity index (χ4v) is 4.20. The predicted molar refractivity (Wildman–Crippen MR) is 102 cm³/mol. The first-order valence-electron chi connectivity index (χ1n) is 8.45. The van der Waals surface area contributed by atoms with Gasteiger partial charge < -0.3 is 19.2 Å². The van der Waals surface area contributed by atoms with Crippen molar-refractivity contribution in [1.82, 2.24) is 0 Å². The fraction of sp³-hybridized carbons (Fsp3) is 0.300. The lowest BCUT2D eigenvalue weighted by molar-refractivity contribution is -0.861. The summed E-state index contributed by atoms with van der Waals surface area (Å²) in [5.41, 5.74) is 3.26. The second-order valence-corrected chi connectivity index (χ2v) is 8.93. The summed E-state index contributed by atoms with van der Waals surface area (Å²) in [7, 11) is 2.96. The van der Waals surface area contributed by atoms with E-state index in [4.69, 9.17) is 4.74 Å². The van der Waals surface area contributed by atoms with Gasteiger partial charge in [0.2, 0.25) is 7.77 Å². The molecule has 0 saturated heterocycles. The van der Waals surface area contributed by atoms with Crippen LogP contribution in [-0.4, -0.2) is 55.1 Å². The molecule has 26 heavy (non-hydrogen) atoms. The number of likely N-dealkylation sites (N-methyl/N-ethyl adjacent to an activating group) is 1. The minimum atomic E-state index is -2.58. The number of aliphatic hydroxyl groups excluding tert-OH is 1. The average molecular weight is 372 g/mol. The SMILES string of the molecule is C[N+](C)(C)CC(O)=[P+]([O-])C(=O)OCC1c2ccccc2-c2ccccc21. The molecule has 0 aromatic heterocycles. The van der Waals surface area contributed by atoms with E-state index < -0.39 is 13.5 Å². The van der Waals surface area contributed by atoms with E-state index in [1.54, 1.807) is 0 Å². The number of hydrogen-bond donors (Lipinski definition) is 1. The third-order valence-electron chi connectivity index (χ3n) is 4.35. The maximum Gasteiger partial charge on any atom is 0.509 e. The molecule has 1 aliphatic rings. The summed E-state index contributed by atoms with van der Waals surface area (Å²) in [5.74, 6) is -0.0877. The van der Waals surface area contributed by atoms with Crippen molar-refractivity contribution >= 4 is 19.0 Å². The number of hydrogen-bond acceptors (Lipinski definition) is 3. The lowest BCUT2D eigenvalue weighted by Crippen LogP contribution is -2.40. The quantitative estimate of drug-likeness (QED) is 0.647. The van der Waals surface area contributed by atoms with E-state index in [0.29, 0.717) is 4.48 Å². The van der Waals surface area contributed by atoms with E-state index in [1.165, 1.54) is 0 Å². The van der Waals surface area contributed by atoms with Gasteiger partial charge in [-0.2, -0.15) is 4.79 Å². The second-order valence-electron chi connectivity index (χ2n) is 7.46. The summed E-state index contributed by atoms with van der Waals surface area (Å²) in [6.07, 6.45) is 0. The van der Waals surface area contributed by atoms with E-state index in [2.05, 4.69) is 12.1 Å². The lowest BCUT2D eigenvalue weighted by atomic mass is 9.98. The van der Waals surface area contributed by atoms with Gasteiger partial charge in [0.05, 0.1) is 21.1 Å². The van der Waals surface area contributed by atoms with E-state index >= 15 is 0 Å². The second kappa shape index (κ2) is 7.29. The van der Waals surface area contributed by atoms with Gasteiger partial charge in [-0.1, -0.05) is 48.5 Å². The first-order chi connectivity index (χ1) is 12.3. The van der Waals surface area contributed by atoms with Crippen molar-refractivity contribution in [2.75, 3.05) is 34.3 Å². The van der Waals surface area contributed by atoms with E-state index in [-0.39, 0.29) is 24.5 Å². The number of quaternary nitrogens is 1. The highest BCUT2D eigenvalue weighted by molar-refractivity contribution is 7.68. The summed E-state index contributed by atoms with van der Waals surface area (Å²) >= 11 is 0. The minimum Gasteiger partial charge on any atom is -0.619 e. The van der Waals surface area contributed by atoms with Crippen LogP contribution in [0.25, 0.3) is 11.1 Å². The molecule has 0 fully saturated rings. The van der Waals surface area contributed by atoms with Crippen LogP contribution >= 0.6 is 7.77 Å². The zero-order chi connectivity index (χ0) is 18.9. The molecule has 0 spiro atoms. The van der Waals surface area contributed by atoms with Gasteiger partial charge >= 0.3 is 5.71 Å². The molecule has 0 saturated carbocycles. The van der Waals surface area contributed by atoms with Crippen LogP contribution in [0.15, 0.2) is 48.5 Å². The Morgan fingerprint density at radius 1 is 1.08 bits per heavy atom. The molecule has 0 amide bonds. The van der Waals surface area contributed by atoms with Crippen molar-refractivity contribution in [2.24, 2.45) is 0 Å². The maximum atomic E-state index is 12.2. The van der Waals surface area contributed by atoms with Gasteiger partial charge in [0.25, 0.3) is 5.48 Å². The molecule has 136 valence electrons. The van der Waals surface area contributed by atoms with Crippen LogP contribution in [0.3, 0.4) is 0 Å². The van der Waals surface area contributed by atoms with Crippen LogP contribution in [0, 0.1) is 0 Å². The zero-order valence-electron chi connectivity index (χ0n) is 15.2. The fourth-order valence-electron chi connectivity index (χ4n) is 3.25. The third kappa shape index (κ3) is 3.87. The van der Waals surface area contributed by atoms with Crippen molar-refractivity contribution in [3.8, 4) is 11.1 Å². The number of carbonyl (C=O) groups excluding carboxylic acids is 1. The molecular formula is C20H23NO4P+. The van der Waals surface area contributed by atoms with Gasteiger partial charge in [-0.05, 0) is 22.3 Å². The number of carbonyl (C=O) groups is 1. The Hall–Kier alpha value is -2.04. The van der Waals surface area contributed by atoms with Crippen molar-refractivity contribution in [3.63, 3.8) is 0 Å². The largest absolute Gasteiger partial charge is 0.619 e. The Labute approximate surface area is 154 Å². The van der Waals surface area contributed by atoms with Gasteiger partial charge in [0.15, 0.2) is 6.54 Å². The Balaban J connectivity index is 1.78. The highest BCUT2D eigenvalue weighted by Crippen LogP contribution is 2.44. The molecule has 5 nitrogen and oxygen atoms in total. The topological polar surface area (TPSA) is 69.6 Å². The molecule has 1 atom stereocenters. The third-order valence-corrected chi connectivity index (χ3v) is 5.42. The Bertz CT molecular complexity index is 825. The number of aliphatic hydroxyl groups is 1. The molecule has 6 heteroatoms. The van der Waals surface area contributed by atoms with Crippen molar-refractivity contribution < 1.29 is 24.0 Å². The number of rotatable bonds is 5. The standard InChI is InChI=1S/C20H22NO4P/c1-21(2,3)12-19(22)26(24)20(23)25-13-18-16-10-6-4-8-14(16)15-9-5-7-11-17(15)18/h4-11,18H,12-13H2,1-3H3/p+1. The Morgan fingerprint density at radius 3 is 2.08 bits per heavy atom. The monoisotopic (exact) mass is 372 g/mol. The van der Waals surface area contributed by atoms with Gasteiger partial charge in [0.1, 0.15) is 6.61 Å². The number of nitrogens with zero attached hydrogens (tertiary/aromatic N) is 1. The summed E-state index contributed by atoms with van der Waals surface area (Å²) < 4.78 is 5.71. The van der Waals surface area contributed by atoms with Gasteiger partial charge in [-0.15, -0.1) is 0 Å². The zero-order valence-corrected chi connectivity index (χ0v) is 16.1. The molecule has 1 aliphatic carbocycles. The molecule has 2 aromatic rings. The molecule has 3 rings (SSSR count). The van der Waals surface area contributed by atoms with Crippen LogP contribution in [0.5, 0.6) is 0 Å². The molecule has 1 N–H and O–H groups in total. The summed E-state index contributed by atoms with van der Waals surface area (Å²) in [4.78, 5) is 24.4. The molecule has 1 unspecified atom stereocenters. The van der Waals surface area contributed by atoms with Gasteiger partial charge in [-0.25, -0.2) is 0 Å². The highest BCUT2D eigenvalue weighted by atomic mass is 31.1. The van der Waals surface area contributed by atoms with Crippen LogP contribution in [0.2, 0.25) is 0 Å². The van der Waals surface area contributed by atoms with Crippen LogP contribution in [0.4, 0.5) is 4.79 Å². The summed E-state index contributed by atoms with van der Waals surface area (Å²) in [6, 6.07) is 16.0. The van der Waals surface area contributed by atoms with E-state index in [1.807, 2.05) is 57.5 Å². The number of ether oxygens (including phenoxy) is 1. The molecule has 0 aliphatic heterocycles. The Morgan fingerprint density at radius 2 is 1.58 bits per heavy atom. The van der Waals surface area contributed by atoms with Crippen LogP contribution in [0.1, 0.15) is 17.0 Å². The summed E-state index contributed by atoms with van der Waals surface area (Å²) in [6.45, 7) is 0.241. The van der Waals surface area contributed by atoms with E-state index in [0.717, 1.165) is 22.3 Å². The predicted octanol–water partition coefficient (Wildman–Crippen LogP) is 2.90. The van der Waals surface area contributed by atoms with Crippen molar-refractivity contribution in [2.45, 2.75) is 5.92 Å². The first-order valence-corrected chi connectivity index (χ1v) is 9.71. The van der Waals surface area contributed by atoms with Gasteiger partial charge in [0, 0.05) is 5.92 Å².